The number of sulfonamides is 1. The number of rotatable bonds is 4. The molecule has 0 fully saturated rings. The molecule has 1 aromatic carbocycles. The summed E-state index contributed by atoms with van der Waals surface area (Å²) < 4.78 is 27.5. The Hall–Kier alpha value is -2.31. The van der Waals surface area contributed by atoms with Gasteiger partial charge < -0.3 is 0 Å². The van der Waals surface area contributed by atoms with Gasteiger partial charge in [-0.3, -0.25) is 9.97 Å². The van der Waals surface area contributed by atoms with Gasteiger partial charge in [0.2, 0.25) is 10.0 Å². The van der Waals surface area contributed by atoms with E-state index in [0.29, 0.717) is 5.39 Å². The van der Waals surface area contributed by atoms with Gasteiger partial charge in [0.25, 0.3) is 0 Å². The number of nitrogens with one attached hydrogen (secondary N) is 1. The van der Waals surface area contributed by atoms with Gasteiger partial charge in [-0.2, -0.15) is 0 Å². The number of fused-ring (bicyclic) bond motifs is 1. The van der Waals surface area contributed by atoms with Crippen molar-refractivity contribution in [3.63, 3.8) is 0 Å². The second-order valence-corrected chi connectivity index (χ2v) is 6.27. The number of benzene rings is 1. The van der Waals surface area contributed by atoms with E-state index in [0.717, 1.165) is 10.9 Å². The molecule has 0 saturated carbocycles. The molecule has 6 heteroatoms. The Balaban J connectivity index is 1.94. The van der Waals surface area contributed by atoms with Gasteiger partial charge in [0, 0.05) is 42.1 Å². The first-order valence-corrected chi connectivity index (χ1v) is 7.86. The Bertz CT molecular complexity index is 859. The summed E-state index contributed by atoms with van der Waals surface area (Å²) in [6.07, 6.45) is 6.52. The lowest BCUT2D eigenvalue weighted by atomic mass is 10.2. The van der Waals surface area contributed by atoms with Crippen molar-refractivity contribution < 1.29 is 8.42 Å². The van der Waals surface area contributed by atoms with Crippen LogP contribution in [0.2, 0.25) is 0 Å². The first-order chi connectivity index (χ1) is 10.2. The highest BCUT2D eigenvalue weighted by molar-refractivity contribution is 7.89. The summed E-state index contributed by atoms with van der Waals surface area (Å²) in [6, 6.07) is 10.4. The van der Waals surface area contributed by atoms with Crippen LogP contribution in [0.3, 0.4) is 0 Å². The van der Waals surface area contributed by atoms with Gasteiger partial charge in [-0.25, -0.2) is 13.1 Å². The lowest BCUT2D eigenvalue weighted by molar-refractivity contribution is 0.582. The summed E-state index contributed by atoms with van der Waals surface area (Å²) in [6.45, 7) is 0.206. The van der Waals surface area contributed by atoms with E-state index in [1.807, 2.05) is 12.1 Å². The van der Waals surface area contributed by atoms with Crippen LogP contribution in [0, 0.1) is 0 Å². The van der Waals surface area contributed by atoms with Crippen LogP contribution >= 0.6 is 0 Å². The highest BCUT2D eigenvalue weighted by Crippen LogP contribution is 2.21. The first kappa shape index (κ1) is 13.7. The van der Waals surface area contributed by atoms with Crippen LogP contribution in [0.4, 0.5) is 0 Å². The van der Waals surface area contributed by atoms with Gasteiger partial charge in [-0.15, -0.1) is 0 Å². The van der Waals surface area contributed by atoms with Crippen molar-refractivity contribution in [1.29, 1.82) is 0 Å². The van der Waals surface area contributed by atoms with E-state index >= 15 is 0 Å². The molecule has 0 amide bonds. The Kier molecular flexibility index (Phi) is 3.64. The van der Waals surface area contributed by atoms with Crippen molar-refractivity contribution in [2.45, 2.75) is 11.4 Å². The summed E-state index contributed by atoms with van der Waals surface area (Å²) in [4.78, 5) is 8.23. The number of hydrogen-bond donors (Lipinski definition) is 1. The minimum absolute atomic E-state index is 0.206. The predicted octanol–water partition coefficient (Wildman–Crippen LogP) is 2.11. The van der Waals surface area contributed by atoms with Crippen LogP contribution in [0.15, 0.2) is 66.1 Å². The summed E-state index contributed by atoms with van der Waals surface area (Å²) >= 11 is 0. The number of aromatic nitrogens is 2. The van der Waals surface area contributed by atoms with Crippen LogP contribution in [0.5, 0.6) is 0 Å². The quantitative estimate of drug-likeness (QED) is 0.801. The molecule has 21 heavy (non-hydrogen) atoms. The predicted molar refractivity (Wildman–Crippen MR) is 80.0 cm³/mol. The van der Waals surface area contributed by atoms with E-state index in [1.165, 1.54) is 0 Å². The average molecular weight is 299 g/mol. The minimum atomic E-state index is -3.59. The molecule has 0 aliphatic rings. The molecule has 1 N–H and O–H groups in total. The van der Waals surface area contributed by atoms with Gasteiger partial charge in [-0.1, -0.05) is 18.2 Å². The van der Waals surface area contributed by atoms with E-state index in [2.05, 4.69) is 14.7 Å². The second kappa shape index (κ2) is 5.59. The molecule has 106 valence electrons. The third kappa shape index (κ3) is 2.91. The standard InChI is InChI=1S/C15H13N3O2S/c19-21(20,18-10-12-3-2-7-16-9-12)15-5-1-4-13-11-17-8-6-14(13)15/h1-9,11,18H,10H2. The maximum atomic E-state index is 12.5. The zero-order valence-corrected chi connectivity index (χ0v) is 11.9. The molecular weight excluding hydrogens is 286 g/mol. The normalized spacial score (nSPS) is 11.6. The second-order valence-electron chi connectivity index (χ2n) is 4.54. The van der Waals surface area contributed by atoms with Crippen LogP contribution in [-0.2, 0) is 16.6 Å². The highest BCUT2D eigenvalue weighted by atomic mass is 32.2. The molecule has 0 unspecified atom stereocenters. The molecule has 0 atom stereocenters. The SMILES string of the molecule is O=S(=O)(NCc1cccnc1)c1cccc2cnccc12. The fourth-order valence-electron chi connectivity index (χ4n) is 2.09. The molecule has 2 aromatic heterocycles. The maximum absolute atomic E-state index is 12.5. The van der Waals surface area contributed by atoms with Crippen molar-refractivity contribution in [3.8, 4) is 0 Å². The maximum Gasteiger partial charge on any atom is 0.241 e. The van der Waals surface area contributed by atoms with Gasteiger partial charge in [0.1, 0.15) is 0 Å². The van der Waals surface area contributed by atoms with E-state index < -0.39 is 10.0 Å². The average Bonchev–Trinajstić information content (AvgIpc) is 2.53. The molecule has 3 rings (SSSR count). The van der Waals surface area contributed by atoms with Crippen molar-refractivity contribution in [3.05, 3.63) is 66.7 Å². The zero-order valence-electron chi connectivity index (χ0n) is 11.1. The summed E-state index contributed by atoms with van der Waals surface area (Å²) in [5, 5.41) is 1.45. The summed E-state index contributed by atoms with van der Waals surface area (Å²) in [5.74, 6) is 0. The largest absolute Gasteiger partial charge is 0.264 e. The lowest BCUT2D eigenvalue weighted by Crippen LogP contribution is -2.23. The Labute approximate surface area is 122 Å². The molecule has 0 spiro atoms. The van der Waals surface area contributed by atoms with Crippen LogP contribution < -0.4 is 4.72 Å². The monoisotopic (exact) mass is 299 g/mol. The molecule has 0 aliphatic heterocycles. The molecule has 0 radical (unpaired) electrons. The molecule has 0 aliphatic carbocycles. The van der Waals surface area contributed by atoms with Crippen molar-refractivity contribution in [2.75, 3.05) is 0 Å². The van der Waals surface area contributed by atoms with Gasteiger partial charge in [0.05, 0.1) is 4.90 Å². The van der Waals surface area contributed by atoms with Crippen molar-refractivity contribution >= 4 is 20.8 Å². The van der Waals surface area contributed by atoms with E-state index in [-0.39, 0.29) is 11.4 Å². The van der Waals surface area contributed by atoms with Crippen LogP contribution in [-0.4, -0.2) is 18.4 Å². The van der Waals surface area contributed by atoms with Crippen LogP contribution in [0.1, 0.15) is 5.56 Å². The molecular formula is C15H13N3O2S. The zero-order chi connectivity index (χ0) is 14.7. The lowest BCUT2D eigenvalue weighted by Gasteiger charge is -2.09. The fraction of sp³-hybridized carbons (Fsp3) is 0.0667. The number of nitrogens with zero attached hydrogens (tertiary/aromatic N) is 2. The fourth-order valence-corrected chi connectivity index (χ4v) is 3.33. The Morgan fingerprint density at radius 1 is 0.952 bits per heavy atom. The molecule has 0 bridgehead atoms. The van der Waals surface area contributed by atoms with Gasteiger partial charge in [-0.05, 0) is 23.8 Å². The third-order valence-electron chi connectivity index (χ3n) is 3.12. The van der Waals surface area contributed by atoms with Gasteiger partial charge >= 0.3 is 0 Å². The van der Waals surface area contributed by atoms with E-state index in [4.69, 9.17) is 0 Å². The molecule has 0 saturated heterocycles. The van der Waals surface area contributed by atoms with E-state index in [1.54, 1.807) is 49.1 Å². The third-order valence-corrected chi connectivity index (χ3v) is 4.58. The highest BCUT2D eigenvalue weighted by Gasteiger charge is 2.16. The summed E-state index contributed by atoms with van der Waals surface area (Å²) in [5.41, 5.74) is 0.808. The topological polar surface area (TPSA) is 72.0 Å². The Morgan fingerprint density at radius 3 is 2.62 bits per heavy atom. The van der Waals surface area contributed by atoms with Crippen LogP contribution in [0.25, 0.3) is 10.8 Å². The molecule has 3 aromatic rings. The van der Waals surface area contributed by atoms with Crippen molar-refractivity contribution in [2.24, 2.45) is 0 Å². The van der Waals surface area contributed by atoms with Crippen molar-refractivity contribution in [1.82, 2.24) is 14.7 Å². The summed E-state index contributed by atoms with van der Waals surface area (Å²) in [7, 11) is -3.59. The molecule has 2 heterocycles. The Morgan fingerprint density at radius 2 is 1.81 bits per heavy atom. The van der Waals surface area contributed by atoms with Gasteiger partial charge in [0.15, 0.2) is 0 Å². The van der Waals surface area contributed by atoms with E-state index in [9.17, 15) is 8.42 Å². The smallest absolute Gasteiger partial charge is 0.241 e. The first-order valence-electron chi connectivity index (χ1n) is 6.38. The number of pyridine rings is 2. The molecule has 5 nitrogen and oxygen atoms in total. The minimum Gasteiger partial charge on any atom is -0.264 e. The number of hydrogen-bond acceptors (Lipinski definition) is 4.